The fourth-order valence-electron chi connectivity index (χ4n) is 3.80. The van der Waals surface area contributed by atoms with E-state index in [-0.39, 0.29) is 0 Å². The van der Waals surface area contributed by atoms with E-state index < -0.39 is 0 Å². The van der Waals surface area contributed by atoms with E-state index in [1.807, 2.05) is 0 Å². The van der Waals surface area contributed by atoms with Crippen LogP contribution in [0.1, 0.15) is 94.7 Å². The molecule has 0 amide bonds. The predicted octanol–water partition coefficient (Wildman–Crippen LogP) is 7.05. The Bertz CT molecular complexity index is 585. The molecule has 0 aliphatic heterocycles. The molecule has 0 aliphatic rings. The van der Waals surface area contributed by atoms with Crippen LogP contribution in [0.2, 0.25) is 0 Å². The summed E-state index contributed by atoms with van der Waals surface area (Å²) < 4.78 is 2.41. The lowest BCUT2D eigenvalue weighted by Gasteiger charge is -2.07. The van der Waals surface area contributed by atoms with E-state index in [1.54, 1.807) is 0 Å². The maximum Gasteiger partial charge on any atom is 0.173 e. The monoisotopic (exact) mass is 366 g/mol. The fourth-order valence-corrected chi connectivity index (χ4v) is 3.80. The van der Waals surface area contributed by atoms with Gasteiger partial charge in [0.1, 0.15) is 0 Å². The zero-order valence-corrected chi connectivity index (χ0v) is 17.8. The second-order valence-electron chi connectivity index (χ2n) is 8.04. The number of unbranched alkanes of at least 4 members (excludes halogenated alkanes) is 8. The Balaban J connectivity index is 1.97. The van der Waals surface area contributed by atoms with Gasteiger partial charge in [-0.25, -0.2) is 4.57 Å². The van der Waals surface area contributed by atoms with Gasteiger partial charge in [0.05, 0.1) is 0 Å². The molecule has 148 valence electrons. The van der Waals surface area contributed by atoms with Crippen molar-refractivity contribution < 1.29 is 4.57 Å². The van der Waals surface area contributed by atoms with Gasteiger partial charge in [-0.05, 0) is 31.7 Å². The first-order valence-corrected chi connectivity index (χ1v) is 11.4. The maximum absolute atomic E-state index is 2.47. The molecule has 1 nitrogen and oxygen atoms in total. The van der Waals surface area contributed by atoms with Crippen LogP contribution in [0.3, 0.4) is 0 Å². The minimum absolute atomic E-state index is 0.980. The second-order valence-corrected chi connectivity index (χ2v) is 8.04. The third-order valence-corrected chi connectivity index (χ3v) is 5.38. The van der Waals surface area contributed by atoms with Gasteiger partial charge in [-0.3, -0.25) is 0 Å². The Labute approximate surface area is 167 Å². The largest absolute Gasteiger partial charge is 0.200 e. The van der Waals surface area contributed by atoms with Gasteiger partial charge in [-0.15, -0.1) is 0 Å². The van der Waals surface area contributed by atoms with Gasteiger partial charge >= 0.3 is 0 Å². The summed E-state index contributed by atoms with van der Waals surface area (Å²) in [7, 11) is 0. The summed E-state index contributed by atoms with van der Waals surface area (Å²) in [6.45, 7) is 5.56. The van der Waals surface area contributed by atoms with Crippen LogP contribution in [0.15, 0.2) is 48.8 Å². The second kappa shape index (κ2) is 13.5. The summed E-state index contributed by atoms with van der Waals surface area (Å²) in [4.78, 5) is 0. The SMILES string of the molecule is CCCCCCCc1cc(CCCCCCC)c[n+](Cc2ccccc2)c1. The van der Waals surface area contributed by atoms with Crippen molar-refractivity contribution >= 4 is 0 Å². The summed E-state index contributed by atoms with van der Waals surface area (Å²) >= 11 is 0. The highest BCUT2D eigenvalue weighted by Gasteiger charge is 2.09. The zero-order chi connectivity index (χ0) is 19.2. The Morgan fingerprint density at radius 2 is 1.11 bits per heavy atom. The molecule has 0 saturated heterocycles. The highest BCUT2D eigenvalue weighted by molar-refractivity contribution is 5.17. The van der Waals surface area contributed by atoms with Crippen LogP contribution >= 0.6 is 0 Å². The minimum Gasteiger partial charge on any atom is -0.200 e. The number of hydrogen-bond donors (Lipinski definition) is 0. The van der Waals surface area contributed by atoms with Crippen molar-refractivity contribution in [3.63, 3.8) is 0 Å². The van der Waals surface area contributed by atoms with Gasteiger partial charge in [-0.2, -0.15) is 0 Å². The third kappa shape index (κ3) is 9.22. The molecule has 0 radical (unpaired) electrons. The summed E-state index contributed by atoms with van der Waals surface area (Å²) in [6.07, 6.45) is 20.8. The van der Waals surface area contributed by atoms with E-state index >= 15 is 0 Å². The lowest BCUT2D eigenvalue weighted by Crippen LogP contribution is -2.35. The highest BCUT2D eigenvalue weighted by atomic mass is 14.9. The molecular formula is C26H40N+. The number of benzene rings is 1. The third-order valence-electron chi connectivity index (χ3n) is 5.38. The van der Waals surface area contributed by atoms with Gasteiger partial charge < -0.3 is 0 Å². The number of aryl methyl sites for hydroxylation is 2. The van der Waals surface area contributed by atoms with Crippen molar-refractivity contribution in [3.8, 4) is 0 Å². The van der Waals surface area contributed by atoms with Crippen molar-refractivity contribution in [2.75, 3.05) is 0 Å². The van der Waals surface area contributed by atoms with Crippen molar-refractivity contribution in [1.29, 1.82) is 0 Å². The van der Waals surface area contributed by atoms with Crippen LogP contribution in [-0.4, -0.2) is 0 Å². The molecule has 0 N–H and O–H groups in total. The first-order valence-electron chi connectivity index (χ1n) is 11.4. The number of rotatable bonds is 14. The molecule has 0 saturated carbocycles. The average Bonchev–Trinajstić information content (AvgIpc) is 2.68. The number of nitrogens with zero attached hydrogens (tertiary/aromatic N) is 1. The summed E-state index contributed by atoms with van der Waals surface area (Å²) in [5, 5.41) is 0. The van der Waals surface area contributed by atoms with E-state index in [0.29, 0.717) is 0 Å². The molecule has 2 rings (SSSR count). The van der Waals surface area contributed by atoms with Crippen molar-refractivity contribution in [2.45, 2.75) is 97.4 Å². The van der Waals surface area contributed by atoms with Crippen LogP contribution in [0.4, 0.5) is 0 Å². The normalized spacial score (nSPS) is 11.0. The maximum atomic E-state index is 2.47. The number of aromatic nitrogens is 1. The van der Waals surface area contributed by atoms with Crippen molar-refractivity contribution in [2.24, 2.45) is 0 Å². The lowest BCUT2D eigenvalue weighted by molar-refractivity contribution is -0.689. The van der Waals surface area contributed by atoms with E-state index in [0.717, 1.165) is 6.54 Å². The smallest absolute Gasteiger partial charge is 0.173 e. The van der Waals surface area contributed by atoms with E-state index in [1.165, 1.54) is 93.7 Å². The number of pyridine rings is 1. The quantitative estimate of drug-likeness (QED) is 0.249. The predicted molar refractivity (Wildman–Crippen MR) is 117 cm³/mol. The topological polar surface area (TPSA) is 3.88 Å². The van der Waals surface area contributed by atoms with E-state index in [9.17, 15) is 0 Å². The molecular weight excluding hydrogens is 326 g/mol. The summed E-state index contributed by atoms with van der Waals surface area (Å²) in [5.74, 6) is 0. The Morgan fingerprint density at radius 1 is 0.593 bits per heavy atom. The fraction of sp³-hybridized carbons (Fsp3) is 0.577. The molecule has 0 fully saturated rings. The average molecular weight is 367 g/mol. The first kappa shape index (κ1) is 21.7. The Kier molecular flexibility index (Phi) is 10.9. The van der Waals surface area contributed by atoms with E-state index in [4.69, 9.17) is 0 Å². The summed E-state index contributed by atoms with van der Waals surface area (Å²) in [6, 6.07) is 13.3. The molecule has 1 aromatic carbocycles. The molecule has 0 unspecified atom stereocenters. The highest BCUT2D eigenvalue weighted by Crippen LogP contribution is 2.13. The number of hydrogen-bond acceptors (Lipinski definition) is 0. The van der Waals surface area contributed by atoms with Crippen LogP contribution in [0, 0.1) is 0 Å². The standard InChI is InChI=1S/C26H40N/c1-3-5-7-9-12-18-25-20-26(19-13-10-8-6-4-2)23-27(22-25)21-24-16-14-11-15-17-24/h11,14-17,20,22-23H,3-10,12-13,18-19,21H2,1-2H3/q+1. The van der Waals surface area contributed by atoms with Crippen LogP contribution in [0.25, 0.3) is 0 Å². The van der Waals surface area contributed by atoms with Gasteiger partial charge in [0, 0.05) is 16.7 Å². The summed E-state index contributed by atoms with van der Waals surface area (Å²) in [5.41, 5.74) is 4.43. The van der Waals surface area contributed by atoms with Gasteiger partial charge in [0.25, 0.3) is 0 Å². The van der Waals surface area contributed by atoms with Gasteiger partial charge in [-0.1, -0.05) is 95.5 Å². The van der Waals surface area contributed by atoms with Crippen LogP contribution in [-0.2, 0) is 19.4 Å². The van der Waals surface area contributed by atoms with Gasteiger partial charge in [0.15, 0.2) is 18.9 Å². The van der Waals surface area contributed by atoms with Crippen LogP contribution < -0.4 is 4.57 Å². The van der Waals surface area contributed by atoms with Crippen molar-refractivity contribution in [1.82, 2.24) is 0 Å². The molecule has 1 heteroatoms. The Hall–Kier alpha value is -1.63. The Morgan fingerprint density at radius 3 is 1.63 bits per heavy atom. The molecule has 0 atom stereocenters. The molecule has 0 spiro atoms. The first-order chi connectivity index (χ1) is 13.3. The lowest BCUT2D eigenvalue weighted by atomic mass is 10.0. The zero-order valence-electron chi connectivity index (χ0n) is 17.8. The molecule has 0 bridgehead atoms. The minimum atomic E-state index is 0.980. The van der Waals surface area contributed by atoms with Gasteiger partial charge in [0.2, 0.25) is 0 Å². The van der Waals surface area contributed by atoms with Crippen LogP contribution in [0.5, 0.6) is 0 Å². The molecule has 2 aromatic rings. The molecule has 27 heavy (non-hydrogen) atoms. The molecule has 1 aromatic heterocycles. The molecule has 0 aliphatic carbocycles. The molecule has 1 heterocycles. The van der Waals surface area contributed by atoms with E-state index in [2.05, 4.69) is 67.2 Å². The van der Waals surface area contributed by atoms with Crippen molar-refractivity contribution in [3.05, 3.63) is 65.5 Å².